The number of hydrogen-bond acceptors (Lipinski definition) is 3. The summed E-state index contributed by atoms with van der Waals surface area (Å²) >= 11 is 0. The average molecular weight is 278 g/mol. The van der Waals surface area contributed by atoms with E-state index in [9.17, 15) is 9.59 Å². The van der Waals surface area contributed by atoms with Gasteiger partial charge >= 0.3 is 0 Å². The molecular formula is C18H14O3. The number of fused-ring (bicyclic) bond motifs is 3. The molecule has 0 bridgehead atoms. The first-order chi connectivity index (χ1) is 10.3. The number of para-hydroxylation sites is 1. The number of carbonyl (C=O) groups is 2. The Morgan fingerprint density at radius 3 is 2.52 bits per heavy atom. The van der Waals surface area contributed by atoms with Crippen molar-refractivity contribution >= 4 is 11.6 Å². The van der Waals surface area contributed by atoms with Crippen LogP contribution in [0.3, 0.4) is 0 Å². The van der Waals surface area contributed by atoms with E-state index in [0.717, 1.165) is 11.3 Å². The maximum absolute atomic E-state index is 12.5. The molecule has 3 atom stereocenters. The van der Waals surface area contributed by atoms with Crippen LogP contribution in [0.15, 0.2) is 54.6 Å². The van der Waals surface area contributed by atoms with Crippen molar-refractivity contribution in [2.75, 3.05) is 0 Å². The smallest absolute Gasteiger partial charge is 0.184 e. The molecule has 104 valence electrons. The Labute approximate surface area is 122 Å². The fourth-order valence-corrected chi connectivity index (χ4v) is 3.39. The van der Waals surface area contributed by atoms with E-state index in [1.54, 1.807) is 12.1 Å². The quantitative estimate of drug-likeness (QED) is 0.626. The zero-order chi connectivity index (χ0) is 14.4. The molecule has 0 aromatic heterocycles. The van der Waals surface area contributed by atoms with Gasteiger partial charge in [-0.2, -0.15) is 0 Å². The van der Waals surface area contributed by atoms with Gasteiger partial charge in [0.1, 0.15) is 5.75 Å². The third-order valence-electron chi connectivity index (χ3n) is 4.43. The summed E-state index contributed by atoms with van der Waals surface area (Å²) in [6.07, 6.45) is 0.0638. The van der Waals surface area contributed by atoms with Gasteiger partial charge in [0.2, 0.25) is 0 Å². The summed E-state index contributed by atoms with van der Waals surface area (Å²) in [5, 5.41) is 0. The zero-order valence-electron chi connectivity index (χ0n) is 11.4. The highest BCUT2D eigenvalue weighted by molar-refractivity contribution is 6.13. The Morgan fingerprint density at radius 1 is 1.00 bits per heavy atom. The van der Waals surface area contributed by atoms with E-state index in [1.165, 1.54) is 0 Å². The zero-order valence-corrected chi connectivity index (χ0v) is 11.4. The molecule has 0 radical (unpaired) electrons. The molecule has 1 fully saturated rings. The predicted octanol–water partition coefficient (Wildman–Crippen LogP) is 3.00. The lowest BCUT2D eigenvalue weighted by Gasteiger charge is -2.10. The molecule has 1 aliphatic heterocycles. The molecule has 2 aromatic carbocycles. The lowest BCUT2D eigenvalue weighted by Crippen LogP contribution is -2.28. The molecule has 0 spiro atoms. The molecule has 21 heavy (non-hydrogen) atoms. The minimum absolute atomic E-state index is 0.0198. The first kappa shape index (κ1) is 12.3. The molecule has 1 aliphatic carbocycles. The number of hydrogen-bond donors (Lipinski definition) is 0. The average Bonchev–Trinajstić information content (AvgIpc) is 3.05. The third kappa shape index (κ3) is 1.81. The molecule has 4 rings (SSSR count). The van der Waals surface area contributed by atoms with Crippen LogP contribution in [0.5, 0.6) is 5.75 Å². The number of ether oxygens (including phenoxy) is 1. The second kappa shape index (κ2) is 4.55. The van der Waals surface area contributed by atoms with Crippen LogP contribution in [0, 0.1) is 5.92 Å². The summed E-state index contributed by atoms with van der Waals surface area (Å²) in [5.41, 5.74) is 1.66. The van der Waals surface area contributed by atoms with Crippen LogP contribution in [-0.4, -0.2) is 17.7 Å². The summed E-state index contributed by atoms with van der Waals surface area (Å²) in [6.45, 7) is 0. The van der Waals surface area contributed by atoms with Gasteiger partial charge in [-0.25, -0.2) is 0 Å². The Bertz CT molecular complexity index is 720. The Morgan fingerprint density at radius 2 is 1.71 bits per heavy atom. The normalized spacial score (nSPS) is 26.1. The summed E-state index contributed by atoms with van der Waals surface area (Å²) in [5.74, 6) is 0.0645. The van der Waals surface area contributed by atoms with Crippen LogP contribution >= 0.6 is 0 Å². The molecule has 1 heterocycles. The molecule has 3 nitrogen and oxygen atoms in total. The number of ketones is 2. The largest absolute Gasteiger partial charge is 0.482 e. The van der Waals surface area contributed by atoms with E-state index >= 15 is 0 Å². The fraction of sp³-hybridized carbons (Fsp3) is 0.222. The van der Waals surface area contributed by atoms with Crippen molar-refractivity contribution in [1.82, 2.24) is 0 Å². The lowest BCUT2D eigenvalue weighted by atomic mass is 9.92. The van der Waals surface area contributed by atoms with Crippen LogP contribution in [0.25, 0.3) is 0 Å². The molecule has 3 unspecified atom stereocenters. The third-order valence-corrected chi connectivity index (χ3v) is 4.43. The second-order valence-corrected chi connectivity index (χ2v) is 5.60. The number of rotatable bonds is 2. The van der Waals surface area contributed by atoms with Crippen LogP contribution in [0.4, 0.5) is 0 Å². The first-order valence-electron chi connectivity index (χ1n) is 7.14. The summed E-state index contributed by atoms with van der Waals surface area (Å²) in [7, 11) is 0. The molecule has 2 aliphatic rings. The number of carbonyl (C=O) groups excluding carboxylic acids is 2. The number of Topliss-reactive ketones (excluding diaryl/α,β-unsaturated/α-hetero) is 2. The van der Waals surface area contributed by atoms with E-state index < -0.39 is 12.0 Å². The molecule has 2 aromatic rings. The van der Waals surface area contributed by atoms with E-state index in [-0.39, 0.29) is 17.5 Å². The van der Waals surface area contributed by atoms with Crippen molar-refractivity contribution in [2.45, 2.75) is 18.4 Å². The van der Waals surface area contributed by atoms with Gasteiger partial charge in [-0.3, -0.25) is 9.59 Å². The summed E-state index contributed by atoms with van der Waals surface area (Å²) in [6, 6.07) is 16.7. The summed E-state index contributed by atoms with van der Waals surface area (Å²) < 4.78 is 5.76. The Balaban J connectivity index is 1.65. The molecular weight excluding hydrogens is 264 g/mol. The van der Waals surface area contributed by atoms with Crippen molar-refractivity contribution in [1.29, 1.82) is 0 Å². The predicted molar refractivity (Wildman–Crippen MR) is 77.5 cm³/mol. The Hall–Kier alpha value is -2.42. The van der Waals surface area contributed by atoms with Gasteiger partial charge in [0.15, 0.2) is 17.7 Å². The van der Waals surface area contributed by atoms with Crippen molar-refractivity contribution in [3.8, 4) is 5.75 Å². The minimum Gasteiger partial charge on any atom is -0.482 e. The van der Waals surface area contributed by atoms with E-state index in [0.29, 0.717) is 12.0 Å². The van der Waals surface area contributed by atoms with Gasteiger partial charge in [-0.1, -0.05) is 48.5 Å². The number of benzene rings is 2. The van der Waals surface area contributed by atoms with E-state index in [4.69, 9.17) is 4.74 Å². The van der Waals surface area contributed by atoms with E-state index in [1.807, 2.05) is 42.5 Å². The monoisotopic (exact) mass is 278 g/mol. The van der Waals surface area contributed by atoms with Crippen LogP contribution < -0.4 is 4.74 Å². The standard InChI is InChI=1S/C18H14O3/c19-16(11-6-2-1-3-7-11)14-10-13-12-8-4-5-9-15(12)21-18(13)17(14)20/h1-9,13-14,18H,10H2. The van der Waals surface area contributed by atoms with Crippen molar-refractivity contribution < 1.29 is 14.3 Å². The fourth-order valence-electron chi connectivity index (χ4n) is 3.39. The van der Waals surface area contributed by atoms with E-state index in [2.05, 4.69) is 0 Å². The van der Waals surface area contributed by atoms with Gasteiger partial charge in [-0.05, 0) is 12.5 Å². The molecule has 0 amide bonds. The molecule has 1 saturated carbocycles. The maximum Gasteiger partial charge on any atom is 0.184 e. The highest BCUT2D eigenvalue weighted by Gasteiger charge is 2.51. The first-order valence-corrected chi connectivity index (χ1v) is 7.14. The van der Waals surface area contributed by atoms with Gasteiger partial charge < -0.3 is 4.74 Å². The maximum atomic E-state index is 12.5. The second-order valence-electron chi connectivity index (χ2n) is 5.60. The molecule has 0 saturated heterocycles. The molecule has 3 heteroatoms. The van der Waals surface area contributed by atoms with Crippen LogP contribution in [0.2, 0.25) is 0 Å². The van der Waals surface area contributed by atoms with Gasteiger partial charge in [-0.15, -0.1) is 0 Å². The molecule has 0 N–H and O–H groups in total. The van der Waals surface area contributed by atoms with Gasteiger partial charge in [0.05, 0.1) is 5.92 Å². The summed E-state index contributed by atoms with van der Waals surface area (Å²) in [4.78, 5) is 25.0. The van der Waals surface area contributed by atoms with Gasteiger partial charge in [0, 0.05) is 17.0 Å². The Kier molecular flexibility index (Phi) is 2.67. The van der Waals surface area contributed by atoms with Crippen molar-refractivity contribution in [2.24, 2.45) is 5.92 Å². The topological polar surface area (TPSA) is 43.4 Å². The van der Waals surface area contributed by atoms with Crippen LogP contribution in [0.1, 0.15) is 28.3 Å². The highest BCUT2D eigenvalue weighted by Crippen LogP contribution is 2.47. The van der Waals surface area contributed by atoms with Gasteiger partial charge in [0.25, 0.3) is 0 Å². The highest BCUT2D eigenvalue weighted by atomic mass is 16.5. The van der Waals surface area contributed by atoms with Crippen molar-refractivity contribution in [3.63, 3.8) is 0 Å². The van der Waals surface area contributed by atoms with Crippen LogP contribution in [-0.2, 0) is 4.79 Å². The SMILES string of the molecule is O=C(c1ccccc1)C1CC2c3ccccc3OC2C1=O. The lowest BCUT2D eigenvalue weighted by molar-refractivity contribution is -0.124. The minimum atomic E-state index is -0.573. The van der Waals surface area contributed by atoms with Crippen molar-refractivity contribution in [3.05, 3.63) is 65.7 Å².